The van der Waals surface area contributed by atoms with Gasteiger partial charge in [-0.2, -0.15) is 0 Å². The third-order valence-electron chi connectivity index (χ3n) is 2.84. The highest BCUT2D eigenvalue weighted by Gasteiger charge is 2.22. The Balaban J connectivity index is 2.52. The summed E-state index contributed by atoms with van der Waals surface area (Å²) >= 11 is 6.14. The molecule has 1 unspecified atom stereocenters. The van der Waals surface area contributed by atoms with Crippen molar-refractivity contribution < 1.29 is 14.6 Å². The van der Waals surface area contributed by atoms with Crippen molar-refractivity contribution in [2.75, 3.05) is 19.8 Å². The largest absolute Gasteiger partial charge is 0.489 e. The Morgan fingerprint density at radius 2 is 2.06 bits per heavy atom. The smallest absolute Gasteiger partial charge is 0.180 e. The number of benzene rings is 1. The van der Waals surface area contributed by atoms with Crippen LogP contribution in [0.3, 0.4) is 0 Å². The van der Waals surface area contributed by atoms with Gasteiger partial charge in [-0.25, -0.2) is 0 Å². The molecule has 1 atom stereocenters. The average molecular weight is 258 g/mol. The maximum atomic E-state index is 9.83. The molecule has 0 amide bonds. The van der Waals surface area contributed by atoms with Crippen molar-refractivity contribution in [2.24, 2.45) is 5.73 Å². The van der Waals surface area contributed by atoms with Crippen molar-refractivity contribution in [1.82, 2.24) is 0 Å². The monoisotopic (exact) mass is 257 g/mol. The zero-order chi connectivity index (χ0) is 12.4. The summed E-state index contributed by atoms with van der Waals surface area (Å²) in [4.78, 5) is 0. The fourth-order valence-electron chi connectivity index (χ4n) is 1.91. The first-order valence-electron chi connectivity index (χ1n) is 5.62. The molecule has 0 aliphatic carbocycles. The van der Waals surface area contributed by atoms with Gasteiger partial charge >= 0.3 is 0 Å². The number of hydrogen-bond acceptors (Lipinski definition) is 4. The van der Waals surface area contributed by atoms with E-state index in [1.54, 1.807) is 6.07 Å². The van der Waals surface area contributed by atoms with E-state index in [0.29, 0.717) is 35.3 Å². The van der Waals surface area contributed by atoms with Crippen LogP contribution < -0.4 is 15.2 Å². The lowest BCUT2D eigenvalue weighted by atomic mass is 10.0. The summed E-state index contributed by atoms with van der Waals surface area (Å²) in [7, 11) is 0. The molecule has 0 spiro atoms. The molecule has 0 bridgehead atoms. The molecule has 0 saturated carbocycles. The number of ether oxygens (including phenoxy) is 2. The number of nitrogens with two attached hydrogens (primary N) is 1. The van der Waals surface area contributed by atoms with Crippen LogP contribution in [0.25, 0.3) is 0 Å². The molecule has 0 aromatic heterocycles. The number of aliphatic hydroxyl groups is 1. The number of aliphatic hydroxyl groups excluding tert-OH is 1. The molecule has 0 fully saturated rings. The van der Waals surface area contributed by atoms with Crippen LogP contribution in [0.1, 0.15) is 23.7 Å². The third-order valence-corrected chi connectivity index (χ3v) is 3.12. The predicted octanol–water partition coefficient (Wildman–Crippen LogP) is 1.80. The lowest BCUT2D eigenvalue weighted by Crippen LogP contribution is -2.13. The van der Waals surface area contributed by atoms with E-state index in [9.17, 15) is 5.11 Å². The van der Waals surface area contributed by atoms with Crippen LogP contribution in [-0.4, -0.2) is 24.9 Å². The maximum absolute atomic E-state index is 9.83. The van der Waals surface area contributed by atoms with Crippen molar-refractivity contribution in [3.8, 4) is 11.5 Å². The average Bonchev–Trinajstić information content (AvgIpc) is 2.58. The predicted molar refractivity (Wildman–Crippen MR) is 65.8 cm³/mol. The Kier molecular flexibility index (Phi) is 3.76. The summed E-state index contributed by atoms with van der Waals surface area (Å²) < 4.78 is 11.2. The van der Waals surface area contributed by atoms with Crippen LogP contribution >= 0.6 is 11.6 Å². The van der Waals surface area contributed by atoms with Gasteiger partial charge in [0.25, 0.3) is 0 Å². The number of fused-ring (bicyclic) bond motifs is 1. The second-order valence-electron chi connectivity index (χ2n) is 4.03. The van der Waals surface area contributed by atoms with E-state index < -0.39 is 6.10 Å². The number of hydrogen-bond donors (Lipinski definition) is 2. The van der Waals surface area contributed by atoms with Crippen LogP contribution in [0.5, 0.6) is 11.5 Å². The minimum Gasteiger partial charge on any atom is -0.489 e. The summed E-state index contributed by atoms with van der Waals surface area (Å²) in [5, 5.41) is 10.3. The third kappa shape index (κ3) is 2.34. The Morgan fingerprint density at radius 3 is 2.71 bits per heavy atom. The minimum atomic E-state index is -0.732. The lowest BCUT2D eigenvalue weighted by Gasteiger charge is -2.18. The molecule has 1 heterocycles. The van der Waals surface area contributed by atoms with Crippen LogP contribution in [0.2, 0.25) is 5.02 Å². The van der Waals surface area contributed by atoms with Crippen LogP contribution in [0.4, 0.5) is 0 Å². The van der Waals surface area contributed by atoms with Gasteiger partial charge in [0, 0.05) is 18.5 Å². The van der Waals surface area contributed by atoms with E-state index in [-0.39, 0.29) is 6.54 Å². The Bertz CT molecular complexity index is 423. The molecule has 94 valence electrons. The van der Waals surface area contributed by atoms with Gasteiger partial charge in [0.05, 0.1) is 24.3 Å². The van der Waals surface area contributed by atoms with E-state index in [0.717, 1.165) is 12.0 Å². The van der Waals surface area contributed by atoms with E-state index in [1.165, 1.54) is 0 Å². The molecular formula is C12H16ClNO3. The summed E-state index contributed by atoms with van der Waals surface area (Å²) in [6.07, 6.45) is 0.0869. The van der Waals surface area contributed by atoms with E-state index in [4.69, 9.17) is 26.8 Å². The first-order chi connectivity index (χ1) is 8.15. The van der Waals surface area contributed by atoms with Gasteiger partial charge in [0.1, 0.15) is 0 Å². The molecule has 1 aliphatic rings. The standard InChI is InChI=1S/C12H16ClNO3/c1-7-8(10(15)6-14)5-9(13)12-11(7)16-3-2-4-17-12/h5,10,15H,2-4,6,14H2,1H3. The molecule has 2 rings (SSSR count). The molecule has 0 radical (unpaired) electrons. The van der Waals surface area contributed by atoms with E-state index in [2.05, 4.69) is 0 Å². The summed E-state index contributed by atoms with van der Waals surface area (Å²) in [5.41, 5.74) is 7.00. The summed E-state index contributed by atoms with van der Waals surface area (Å²) in [6, 6.07) is 1.70. The maximum Gasteiger partial charge on any atom is 0.180 e. The SMILES string of the molecule is Cc1c(C(O)CN)cc(Cl)c2c1OCCCO2. The Morgan fingerprint density at radius 1 is 1.41 bits per heavy atom. The van der Waals surface area contributed by atoms with Crippen LogP contribution in [0.15, 0.2) is 6.07 Å². The highest BCUT2D eigenvalue weighted by Crippen LogP contribution is 2.42. The molecule has 5 heteroatoms. The van der Waals surface area contributed by atoms with Crippen LogP contribution in [-0.2, 0) is 0 Å². The number of halogens is 1. The normalized spacial score (nSPS) is 16.5. The van der Waals surface area contributed by atoms with Crippen molar-refractivity contribution in [3.63, 3.8) is 0 Å². The topological polar surface area (TPSA) is 64.7 Å². The number of rotatable bonds is 2. The van der Waals surface area contributed by atoms with E-state index in [1.807, 2.05) is 6.92 Å². The van der Waals surface area contributed by atoms with Gasteiger partial charge in [-0.1, -0.05) is 11.6 Å². The summed E-state index contributed by atoms with van der Waals surface area (Å²) in [5.74, 6) is 1.19. The molecule has 1 aromatic rings. The quantitative estimate of drug-likeness (QED) is 0.848. The van der Waals surface area contributed by atoms with Crippen molar-refractivity contribution in [3.05, 3.63) is 22.2 Å². The second kappa shape index (κ2) is 5.12. The summed E-state index contributed by atoms with van der Waals surface area (Å²) in [6.45, 7) is 3.20. The molecule has 4 nitrogen and oxygen atoms in total. The molecule has 0 saturated heterocycles. The van der Waals surface area contributed by atoms with Gasteiger partial charge in [-0.15, -0.1) is 0 Å². The zero-order valence-electron chi connectivity index (χ0n) is 9.70. The first-order valence-corrected chi connectivity index (χ1v) is 5.99. The zero-order valence-corrected chi connectivity index (χ0v) is 10.5. The second-order valence-corrected chi connectivity index (χ2v) is 4.44. The van der Waals surface area contributed by atoms with E-state index >= 15 is 0 Å². The fourth-order valence-corrected chi connectivity index (χ4v) is 2.17. The minimum absolute atomic E-state index is 0.150. The van der Waals surface area contributed by atoms with Crippen molar-refractivity contribution in [2.45, 2.75) is 19.4 Å². The van der Waals surface area contributed by atoms with Gasteiger partial charge in [0.15, 0.2) is 11.5 Å². The van der Waals surface area contributed by atoms with Gasteiger partial charge in [-0.05, 0) is 18.6 Å². The van der Waals surface area contributed by atoms with Crippen molar-refractivity contribution in [1.29, 1.82) is 0 Å². The van der Waals surface area contributed by atoms with Gasteiger partial charge in [-0.3, -0.25) is 0 Å². The molecule has 1 aliphatic heterocycles. The molecular weight excluding hydrogens is 242 g/mol. The van der Waals surface area contributed by atoms with Crippen molar-refractivity contribution >= 4 is 11.6 Å². The van der Waals surface area contributed by atoms with Gasteiger partial charge in [0.2, 0.25) is 0 Å². The Labute approximate surface area is 105 Å². The van der Waals surface area contributed by atoms with Crippen LogP contribution in [0, 0.1) is 6.92 Å². The Hall–Kier alpha value is -0.970. The molecule has 17 heavy (non-hydrogen) atoms. The highest BCUT2D eigenvalue weighted by atomic mass is 35.5. The molecule has 1 aromatic carbocycles. The molecule has 3 N–H and O–H groups in total. The fraction of sp³-hybridized carbons (Fsp3) is 0.500. The highest BCUT2D eigenvalue weighted by molar-refractivity contribution is 6.32. The van der Waals surface area contributed by atoms with Gasteiger partial charge < -0.3 is 20.3 Å². The first kappa shape index (κ1) is 12.5. The lowest BCUT2D eigenvalue weighted by molar-refractivity contribution is 0.185.